The number of rotatable bonds is 5. The van der Waals surface area contributed by atoms with Crippen molar-refractivity contribution in [3.05, 3.63) is 34.9 Å². The second kappa shape index (κ2) is 7.39. The zero-order chi connectivity index (χ0) is 15.4. The number of hydrogen-bond donors (Lipinski definition) is 0. The molecule has 0 spiro atoms. The summed E-state index contributed by atoms with van der Waals surface area (Å²) in [5.74, 6) is 0.185. The molecule has 1 aliphatic rings. The SMILES string of the molecule is CC(=O)C(CN1CCC(N(C)C)CC1)c1ccc(Cl)cc1. The van der Waals surface area contributed by atoms with Crippen LogP contribution < -0.4 is 0 Å². The maximum absolute atomic E-state index is 12.0. The second-order valence-electron chi connectivity index (χ2n) is 6.21. The van der Waals surface area contributed by atoms with Crippen LogP contribution in [0.1, 0.15) is 31.2 Å². The van der Waals surface area contributed by atoms with Gasteiger partial charge in [-0.1, -0.05) is 23.7 Å². The number of ketones is 1. The predicted octanol–water partition coefficient (Wildman–Crippen LogP) is 3.04. The fourth-order valence-corrected chi connectivity index (χ4v) is 3.17. The minimum atomic E-state index is -0.0434. The third-order valence-corrected chi connectivity index (χ3v) is 4.74. The molecule has 1 aromatic rings. The highest BCUT2D eigenvalue weighted by Gasteiger charge is 2.25. The summed E-state index contributed by atoms with van der Waals surface area (Å²) in [7, 11) is 4.29. The van der Waals surface area contributed by atoms with Gasteiger partial charge in [-0.2, -0.15) is 0 Å². The minimum absolute atomic E-state index is 0.0434. The highest BCUT2D eigenvalue weighted by atomic mass is 35.5. The lowest BCUT2D eigenvalue weighted by Gasteiger charge is -2.36. The lowest BCUT2D eigenvalue weighted by Crippen LogP contribution is -2.43. The van der Waals surface area contributed by atoms with Gasteiger partial charge in [0.1, 0.15) is 5.78 Å². The number of likely N-dealkylation sites (tertiary alicyclic amines) is 1. The predicted molar refractivity (Wildman–Crippen MR) is 88.0 cm³/mol. The number of Topliss-reactive ketones (excluding diaryl/α,β-unsaturated/α-hetero) is 1. The van der Waals surface area contributed by atoms with E-state index >= 15 is 0 Å². The van der Waals surface area contributed by atoms with E-state index in [-0.39, 0.29) is 11.7 Å². The Bertz CT molecular complexity index is 464. The standard InChI is InChI=1S/C17H25ClN2O/c1-13(21)17(14-4-6-15(18)7-5-14)12-20-10-8-16(9-11-20)19(2)3/h4-7,16-17H,8-12H2,1-3H3. The molecule has 116 valence electrons. The minimum Gasteiger partial charge on any atom is -0.306 e. The van der Waals surface area contributed by atoms with E-state index in [9.17, 15) is 4.79 Å². The molecular weight excluding hydrogens is 284 g/mol. The molecule has 1 saturated heterocycles. The van der Waals surface area contributed by atoms with E-state index in [4.69, 9.17) is 11.6 Å². The van der Waals surface area contributed by atoms with Crippen molar-refractivity contribution in [3.63, 3.8) is 0 Å². The number of piperidine rings is 1. The largest absolute Gasteiger partial charge is 0.306 e. The summed E-state index contributed by atoms with van der Waals surface area (Å²) in [6, 6.07) is 8.35. The molecule has 2 rings (SSSR count). The Hall–Kier alpha value is -0.900. The molecule has 0 aliphatic carbocycles. The summed E-state index contributed by atoms with van der Waals surface area (Å²) in [5.41, 5.74) is 1.07. The first-order valence-electron chi connectivity index (χ1n) is 7.62. The van der Waals surface area contributed by atoms with Gasteiger partial charge in [-0.05, 0) is 64.6 Å². The first kappa shape index (κ1) is 16.5. The van der Waals surface area contributed by atoms with Gasteiger partial charge in [0.2, 0.25) is 0 Å². The third kappa shape index (κ3) is 4.53. The van der Waals surface area contributed by atoms with Crippen LogP contribution in [0.5, 0.6) is 0 Å². The molecule has 0 saturated carbocycles. The van der Waals surface area contributed by atoms with Crippen LogP contribution in [0.15, 0.2) is 24.3 Å². The molecular formula is C17H25ClN2O. The van der Waals surface area contributed by atoms with Gasteiger partial charge in [0.15, 0.2) is 0 Å². The Kier molecular flexibility index (Phi) is 5.80. The van der Waals surface area contributed by atoms with E-state index in [2.05, 4.69) is 23.9 Å². The third-order valence-electron chi connectivity index (χ3n) is 4.49. The molecule has 1 unspecified atom stereocenters. The van der Waals surface area contributed by atoms with Gasteiger partial charge in [-0.15, -0.1) is 0 Å². The van der Waals surface area contributed by atoms with Gasteiger partial charge in [0, 0.05) is 17.6 Å². The first-order valence-corrected chi connectivity index (χ1v) is 8.00. The number of nitrogens with zero attached hydrogens (tertiary/aromatic N) is 2. The smallest absolute Gasteiger partial charge is 0.138 e. The van der Waals surface area contributed by atoms with Crippen molar-refractivity contribution in [2.24, 2.45) is 0 Å². The van der Waals surface area contributed by atoms with Crippen LogP contribution in [-0.2, 0) is 4.79 Å². The molecule has 0 bridgehead atoms. The molecule has 1 aromatic carbocycles. The summed E-state index contributed by atoms with van der Waals surface area (Å²) >= 11 is 5.93. The summed E-state index contributed by atoms with van der Waals surface area (Å²) in [6.07, 6.45) is 2.36. The Labute approximate surface area is 132 Å². The second-order valence-corrected chi connectivity index (χ2v) is 6.65. The lowest BCUT2D eigenvalue weighted by molar-refractivity contribution is -0.119. The van der Waals surface area contributed by atoms with Crippen molar-refractivity contribution in [3.8, 4) is 0 Å². The Morgan fingerprint density at radius 1 is 1.29 bits per heavy atom. The van der Waals surface area contributed by atoms with Crippen molar-refractivity contribution in [2.45, 2.75) is 31.7 Å². The topological polar surface area (TPSA) is 23.6 Å². The van der Waals surface area contributed by atoms with Gasteiger partial charge in [-0.3, -0.25) is 4.79 Å². The number of carbonyl (C=O) groups excluding carboxylic acids is 1. The maximum Gasteiger partial charge on any atom is 0.138 e. The van der Waals surface area contributed by atoms with Crippen molar-refractivity contribution in [1.82, 2.24) is 9.80 Å². The van der Waals surface area contributed by atoms with Crippen LogP contribution in [0.2, 0.25) is 5.02 Å². The number of carbonyl (C=O) groups is 1. The fraction of sp³-hybridized carbons (Fsp3) is 0.588. The molecule has 3 nitrogen and oxygen atoms in total. The van der Waals surface area contributed by atoms with Crippen LogP contribution >= 0.6 is 11.6 Å². The van der Waals surface area contributed by atoms with E-state index in [1.807, 2.05) is 24.3 Å². The number of hydrogen-bond acceptors (Lipinski definition) is 3. The van der Waals surface area contributed by atoms with E-state index in [0.29, 0.717) is 11.1 Å². The average Bonchev–Trinajstić information content (AvgIpc) is 2.46. The molecule has 1 fully saturated rings. The van der Waals surface area contributed by atoms with E-state index in [0.717, 1.165) is 25.2 Å². The summed E-state index contributed by atoms with van der Waals surface area (Å²) in [6.45, 7) is 4.64. The monoisotopic (exact) mass is 308 g/mol. The van der Waals surface area contributed by atoms with Gasteiger partial charge in [0.25, 0.3) is 0 Å². The first-order chi connectivity index (χ1) is 9.97. The maximum atomic E-state index is 12.0. The van der Waals surface area contributed by atoms with Crippen molar-refractivity contribution in [2.75, 3.05) is 33.7 Å². The van der Waals surface area contributed by atoms with Gasteiger partial charge < -0.3 is 9.80 Å². The van der Waals surface area contributed by atoms with Crippen LogP contribution in [0, 0.1) is 0 Å². The lowest BCUT2D eigenvalue weighted by atomic mass is 9.93. The van der Waals surface area contributed by atoms with Gasteiger partial charge in [0.05, 0.1) is 5.92 Å². The Morgan fingerprint density at radius 2 is 1.86 bits per heavy atom. The molecule has 0 amide bonds. The number of benzene rings is 1. The van der Waals surface area contributed by atoms with Crippen molar-refractivity contribution >= 4 is 17.4 Å². The molecule has 0 N–H and O–H groups in total. The van der Waals surface area contributed by atoms with Crippen LogP contribution in [0.3, 0.4) is 0 Å². The van der Waals surface area contributed by atoms with Gasteiger partial charge in [-0.25, -0.2) is 0 Å². The Balaban J connectivity index is 1.98. The quantitative estimate of drug-likeness (QED) is 0.835. The molecule has 0 radical (unpaired) electrons. The van der Waals surface area contributed by atoms with Crippen LogP contribution in [-0.4, -0.2) is 55.4 Å². The van der Waals surface area contributed by atoms with Crippen molar-refractivity contribution in [1.29, 1.82) is 0 Å². The Morgan fingerprint density at radius 3 is 2.33 bits per heavy atom. The van der Waals surface area contributed by atoms with E-state index in [1.54, 1.807) is 6.92 Å². The molecule has 4 heteroatoms. The summed E-state index contributed by atoms with van der Waals surface area (Å²) < 4.78 is 0. The average molecular weight is 309 g/mol. The van der Waals surface area contributed by atoms with E-state index in [1.165, 1.54) is 12.8 Å². The fourth-order valence-electron chi connectivity index (χ4n) is 3.04. The van der Waals surface area contributed by atoms with Gasteiger partial charge >= 0.3 is 0 Å². The van der Waals surface area contributed by atoms with Crippen LogP contribution in [0.4, 0.5) is 0 Å². The summed E-state index contributed by atoms with van der Waals surface area (Å²) in [5, 5.41) is 0.716. The highest BCUT2D eigenvalue weighted by Crippen LogP contribution is 2.23. The molecule has 1 aliphatic heterocycles. The summed E-state index contributed by atoms with van der Waals surface area (Å²) in [4.78, 5) is 16.7. The molecule has 21 heavy (non-hydrogen) atoms. The number of halogens is 1. The zero-order valence-corrected chi connectivity index (χ0v) is 13.9. The zero-order valence-electron chi connectivity index (χ0n) is 13.2. The molecule has 1 heterocycles. The van der Waals surface area contributed by atoms with E-state index < -0.39 is 0 Å². The molecule has 0 aromatic heterocycles. The van der Waals surface area contributed by atoms with Crippen LogP contribution in [0.25, 0.3) is 0 Å². The van der Waals surface area contributed by atoms with Crippen molar-refractivity contribution < 1.29 is 4.79 Å². The highest BCUT2D eigenvalue weighted by molar-refractivity contribution is 6.30. The normalized spacial score (nSPS) is 18.9. The molecule has 1 atom stereocenters.